The molecule has 1 aromatic heterocycles. The maximum absolute atomic E-state index is 6.36. The summed E-state index contributed by atoms with van der Waals surface area (Å²) in [7, 11) is 4.24. The Labute approximate surface area is 164 Å². The van der Waals surface area contributed by atoms with Crippen molar-refractivity contribution < 1.29 is 4.74 Å². The van der Waals surface area contributed by atoms with Crippen LogP contribution in [-0.4, -0.2) is 54.1 Å². The average Bonchev–Trinajstić information content (AvgIpc) is 3.28. The molecule has 0 unspecified atom stereocenters. The predicted molar refractivity (Wildman–Crippen MR) is 109 cm³/mol. The van der Waals surface area contributed by atoms with Crippen molar-refractivity contribution in [2.45, 2.75) is 83.4 Å². The molecule has 3 heterocycles. The number of ether oxygens (including phenoxy) is 1. The molecular weight excluding hydrogens is 336 g/mol. The minimum atomic E-state index is 0.167. The SMILES string of the molecule is CNCCN(C)Cc1nn2c(c1C1CCC3(CC1)CC(C)(C)CO3)CCC2. The molecule has 1 saturated carbocycles. The summed E-state index contributed by atoms with van der Waals surface area (Å²) >= 11 is 0. The van der Waals surface area contributed by atoms with Crippen molar-refractivity contribution >= 4 is 0 Å². The minimum absolute atomic E-state index is 0.167. The van der Waals surface area contributed by atoms with Crippen LogP contribution in [0.4, 0.5) is 0 Å². The maximum Gasteiger partial charge on any atom is 0.0802 e. The number of nitrogens with zero attached hydrogens (tertiary/aromatic N) is 3. The molecule has 0 radical (unpaired) electrons. The lowest BCUT2D eigenvalue weighted by atomic mass is 9.71. The first kappa shape index (κ1) is 19.4. The first-order valence-corrected chi connectivity index (χ1v) is 11.0. The van der Waals surface area contributed by atoms with Crippen LogP contribution >= 0.6 is 0 Å². The van der Waals surface area contributed by atoms with Crippen LogP contribution in [-0.2, 0) is 24.2 Å². The van der Waals surface area contributed by atoms with Gasteiger partial charge in [0.15, 0.2) is 0 Å². The molecule has 1 saturated heterocycles. The lowest BCUT2D eigenvalue weighted by Crippen LogP contribution is -2.34. The van der Waals surface area contributed by atoms with Gasteiger partial charge in [0.1, 0.15) is 0 Å². The minimum Gasteiger partial charge on any atom is -0.374 e. The van der Waals surface area contributed by atoms with Gasteiger partial charge in [-0.1, -0.05) is 13.8 Å². The van der Waals surface area contributed by atoms with Crippen LogP contribution in [0, 0.1) is 5.41 Å². The molecule has 0 aromatic carbocycles. The summed E-state index contributed by atoms with van der Waals surface area (Å²) < 4.78 is 8.67. The van der Waals surface area contributed by atoms with E-state index in [1.807, 2.05) is 7.05 Å². The molecule has 1 N–H and O–H groups in total. The van der Waals surface area contributed by atoms with E-state index in [2.05, 4.69) is 35.8 Å². The predicted octanol–water partition coefficient (Wildman–Crippen LogP) is 3.32. The van der Waals surface area contributed by atoms with E-state index < -0.39 is 0 Å². The standard InChI is InChI=1S/C22H38N4O/c1-21(2)15-22(27-16-21)9-7-17(8-10-22)20-18(14-25(4)13-11-23-3)24-26-12-5-6-19(20)26/h17,23H,5-16H2,1-4H3. The number of hydrogen-bond donors (Lipinski definition) is 1. The number of likely N-dealkylation sites (N-methyl/N-ethyl adjacent to an activating group) is 2. The van der Waals surface area contributed by atoms with E-state index in [9.17, 15) is 0 Å². The maximum atomic E-state index is 6.36. The summed E-state index contributed by atoms with van der Waals surface area (Å²) in [5, 5.41) is 8.30. The molecule has 2 aliphatic heterocycles. The van der Waals surface area contributed by atoms with Gasteiger partial charge in [0, 0.05) is 37.4 Å². The Morgan fingerprint density at radius 3 is 2.74 bits per heavy atom. The van der Waals surface area contributed by atoms with Gasteiger partial charge >= 0.3 is 0 Å². The van der Waals surface area contributed by atoms with E-state index >= 15 is 0 Å². The van der Waals surface area contributed by atoms with Crippen LogP contribution < -0.4 is 5.32 Å². The molecule has 1 aliphatic carbocycles. The number of aromatic nitrogens is 2. The van der Waals surface area contributed by atoms with Gasteiger partial charge in [-0.05, 0) is 70.4 Å². The molecule has 1 aromatic rings. The summed E-state index contributed by atoms with van der Waals surface area (Å²) in [6, 6.07) is 0. The molecule has 2 fully saturated rings. The highest BCUT2D eigenvalue weighted by Gasteiger charge is 2.47. The molecule has 5 heteroatoms. The Bertz CT molecular complexity index is 658. The Hall–Kier alpha value is -0.910. The molecule has 0 atom stereocenters. The normalized spacial score (nSPS) is 29.7. The zero-order valence-electron chi connectivity index (χ0n) is 17.8. The molecule has 4 rings (SSSR count). The van der Waals surface area contributed by atoms with E-state index in [0.717, 1.165) is 32.8 Å². The van der Waals surface area contributed by atoms with E-state index in [1.165, 1.54) is 50.6 Å². The lowest BCUT2D eigenvalue weighted by molar-refractivity contribution is -0.0294. The Morgan fingerprint density at radius 1 is 1.30 bits per heavy atom. The zero-order chi connectivity index (χ0) is 19.1. The third-order valence-corrected chi connectivity index (χ3v) is 7.00. The Morgan fingerprint density at radius 2 is 2.07 bits per heavy atom. The van der Waals surface area contributed by atoms with Gasteiger partial charge in [0.05, 0.1) is 17.9 Å². The molecule has 152 valence electrons. The molecule has 0 amide bonds. The first-order chi connectivity index (χ1) is 12.9. The number of fused-ring (bicyclic) bond motifs is 1. The van der Waals surface area contributed by atoms with Crippen molar-refractivity contribution in [1.29, 1.82) is 0 Å². The summed E-state index contributed by atoms with van der Waals surface area (Å²) in [4.78, 5) is 2.41. The van der Waals surface area contributed by atoms with Crippen molar-refractivity contribution in [3.05, 3.63) is 17.0 Å². The zero-order valence-corrected chi connectivity index (χ0v) is 17.8. The molecular formula is C22H38N4O. The highest BCUT2D eigenvalue weighted by Crippen LogP contribution is 2.50. The van der Waals surface area contributed by atoms with Gasteiger partial charge < -0.3 is 10.1 Å². The Balaban J connectivity index is 1.49. The summed E-state index contributed by atoms with van der Waals surface area (Å²) in [6.07, 6.45) is 8.69. The monoisotopic (exact) mass is 374 g/mol. The van der Waals surface area contributed by atoms with Crippen molar-refractivity contribution in [3.63, 3.8) is 0 Å². The van der Waals surface area contributed by atoms with Crippen LogP contribution in [0.15, 0.2) is 0 Å². The van der Waals surface area contributed by atoms with Gasteiger partial charge in [-0.25, -0.2) is 0 Å². The second-order valence-corrected chi connectivity index (χ2v) is 10.1. The molecule has 5 nitrogen and oxygen atoms in total. The van der Waals surface area contributed by atoms with Crippen LogP contribution in [0.5, 0.6) is 0 Å². The largest absolute Gasteiger partial charge is 0.374 e. The second-order valence-electron chi connectivity index (χ2n) is 10.1. The van der Waals surface area contributed by atoms with Gasteiger partial charge in [-0.3, -0.25) is 9.58 Å². The van der Waals surface area contributed by atoms with Crippen LogP contribution in [0.3, 0.4) is 0 Å². The quantitative estimate of drug-likeness (QED) is 0.829. The smallest absolute Gasteiger partial charge is 0.0802 e. The first-order valence-electron chi connectivity index (χ1n) is 11.0. The van der Waals surface area contributed by atoms with Crippen molar-refractivity contribution in [2.75, 3.05) is 33.8 Å². The van der Waals surface area contributed by atoms with Crippen LogP contribution in [0.1, 0.15) is 75.2 Å². The van der Waals surface area contributed by atoms with Gasteiger partial charge in [0.25, 0.3) is 0 Å². The number of rotatable bonds is 6. The summed E-state index contributed by atoms with van der Waals surface area (Å²) in [5.41, 5.74) is 5.01. The lowest BCUT2D eigenvalue weighted by Gasteiger charge is -2.37. The van der Waals surface area contributed by atoms with E-state index in [-0.39, 0.29) is 5.60 Å². The van der Waals surface area contributed by atoms with Gasteiger partial charge in [-0.2, -0.15) is 5.10 Å². The average molecular weight is 375 g/mol. The van der Waals surface area contributed by atoms with Crippen LogP contribution in [0.25, 0.3) is 0 Å². The van der Waals surface area contributed by atoms with Gasteiger partial charge in [-0.15, -0.1) is 0 Å². The fourth-order valence-corrected chi connectivity index (χ4v) is 5.71. The van der Waals surface area contributed by atoms with Crippen molar-refractivity contribution in [3.8, 4) is 0 Å². The second kappa shape index (κ2) is 7.49. The topological polar surface area (TPSA) is 42.3 Å². The van der Waals surface area contributed by atoms with E-state index in [0.29, 0.717) is 11.3 Å². The van der Waals surface area contributed by atoms with E-state index in [1.54, 1.807) is 11.3 Å². The third-order valence-electron chi connectivity index (χ3n) is 7.00. The fraction of sp³-hybridized carbons (Fsp3) is 0.864. The number of hydrogen-bond acceptors (Lipinski definition) is 4. The molecule has 0 bridgehead atoms. The van der Waals surface area contributed by atoms with Gasteiger partial charge in [0.2, 0.25) is 0 Å². The highest BCUT2D eigenvalue weighted by molar-refractivity contribution is 5.33. The number of nitrogens with one attached hydrogen (secondary N) is 1. The van der Waals surface area contributed by atoms with E-state index in [4.69, 9.17) is 9.84 Å². The van der Waals surface area contributed by atoms with Crippen molar-refractivity contribution in [2.24, 2.45) is 5.41 Å². The van der Waals surface area contributed by atoms with Crippen LogP contribution in [0.2, 0.25) is 0 Å². The summed E-state index contributed by atoms with van der Waals surface area (Å²) in [6.45, 7) is 9.82. The highest BCUT2D eigenvalue weighted by atomic mass is 16.5. The number of aryl methyl sites for hydroxylation is 1. The fourth-order valence-electron chi connectivity index (χ4n) is 5.71. The Kier molecular flexibility index (Phi) is 5.38. The molecule has 1 spiro atoms. The van der Waals surface area contributed by atoms with Crippen molar-refractivity contribution in [1.82, 2.24) is 20.0 Å². The third kappa shape index (κ3) is 3.96. The summed E-state index contributed by atoms with van der Waals surface area (Å²) in [5.74, 6) is 0.678. The molecule has 27 heavy (non-hydrogen) atoms. The molecule has 3 aliphatic rings.